The fraction of sp³-hybridized carbons (Fsp3) is 0.0952. The van der Waals surface area contributed by atoms with E-state index in [1.165, 1.54) is 0 Å². The van der Waals surface area contributed by atoms with Crippen LogP contribution in [0.1, 0.15) is 28.4 Å². The lowest BCUT2D eigenvalue weighted by Gasteiger charge is -2.16. The number of hydrazine groups is 1. The molecule has 0 aliphatic carbocycles. The van der Waals surface area contributed by atoms with E-state index in [0.717, 1.165) is 33.5 Å². The van der Waals surface area contributed by atoms with Crippen LogP contribution in [-0.4, -0.2) is 21.1 Å². The first-order chi connectivity index (χ1) is 13.3. The maximum Gasteiger partial charge on any atom is 0.285 e. The number of benzene rings is 2. The van der Waals surface area contributed by atoms with Gasteiger partial charge in [0.2, 0.25) is 0 Å². The summed E-state index contributed by atoms with van der Waals surface area (Å²) in [5, 5.41) is 1.40. The molecular weight excluding hydrogens is 412 g/mol. The molecule has 1 heterocycles. The van der Waals surface area contributed by atoms with Gasteiger partial charge in [0.15, 0.2) is 4.32 Å². The minimum Gasteiger partial charge on any atom is -0.267 e. The Bertz CT molecular complexity index is 1020. The van der Waals surface area contributed by atoms with Crippen LogP contribution in [0.4, 0.5) is 0 Å². The third-order valence-electron chi connectivity index (χ3n) is 3.93. The van der Waals surface area contributed by atoms with E-state index in [0.29, 0.717) is 9.93 Å². The minimum absolute atomic E-state index is 0.264. The SMILES string of the molecule is CC(=C\c1ccccc1)/C=C1/SC(=S)N(NC(=O)c2ccc(C)cc2Cl)C1=O. The zero-order chi connectivity index (χ0) is 20.3. The van der Waals surface area contributed by atoms with Crippen molar-refractivity contribution in [3.05, 3.63) is 86.8 Å². The largest absolute Gasteiger partial charge is 0.285 e. The second kappa shape index (κ2) is 8.73. The Kier molecular flexibility index (Phi) is 6.34. The number of allylic oxidation sites excluding steroid dienone is 2. The number of carbonyl (C=O) groups excluding carboxylic acids is 2. The van der Waals surface area contributed by atoms with Crippen LogP contribution in [0.25, 0.3) is 6.08 Å². The Hall–Kier alpha value is -2.41. The Morgan fingerprint density at radius 2 is 1.93 bits per heavy atom. The molecule has 7 heteroatoms. The Balaban J connectivity index is 1.76. The van der Waals surface area contributed by atoms with Gasteiger partial charge in [0.1, 0.15) is 0 Å². The van der Waals surface area contributed by atoms with E-state index in [4.69, 9.17) is 23.8 Å². The smallest absolute Gasteiger partial charge is 0.267 e. The molecule has 0 atom stereocenters. The van der Waals surface area contributed by atoms with Gasteiger partial charge in [-0.05, 0) is 61.0 Å². The predicted octanol–water partition coefficient (Wildman–Crippen LogP) is 5.14. The molecule has 4 nitrogen and oxygen atoms in total. The van der Waals surface area contributed by atoms with Gasteiger partial charge in [0.05, 0.1) is 15.5 Å². The highest BCUT2D eigenvalue weighted by atomic mass is 35.5. The zero-order valence-corrected chi connectivity index (χ0v) is 17.6. The summed E-state index contributed by atoms with van der Waals surface area (Å²) in [4.78, 5) is 25.6. The number of nitrogens with zero attached hydrogens (tertiary/aromatic N) is 1. The number of nitrogens with one attached hydrogen (secondary N) is 1. The number of aryl methyl sites for hydroxylation is 1. The molecular formula is C21H17ClN2O2S2. The highest BCUT2D eigenvalue weighted by Crippen LogP contribution is 2.31. The number of halogens is 1. The molecule has 2 amide bonds. The summed E-state index contributed by atoms with van der Waals surface area (Å²) in [7, 11) is 0. The maximum absolute atomic E-state index is 12.7. The van der Waals surface area contributed by atoms with Gasteiger partial charge in [-0.1, -0.05) is 65.8 Å². The van der Waals surface area contributed by atoms with Crippen molar-refractivity contribution >= 4 is 57.8 Å². The molecule has 3 rings (SSSR count). The van der Waals surface area contributed by atoms with E-state index in [1.807, 2.05) is 50.3 Å². The molecule has 2 aromatic carbocycles. The Morgan fingerprint density at radius 3 is 2.61 bits per heavy atom. The summed E-state index contributed by atoms with van der Waals surface area (Å²) >= 11 is 12.5. The second-order valence-corrected chi connectivity index (χ2v) is 8.32. The third-order valence-corrected chi connectivity index (χ3v) is 5.54. The van der Waals surface area contributed by atoms with Gasteiger partial charge in [0, 0.05) is 0 Å². The number of hydrogen-bond acceptors (Lipinski definition) is 4. The average Bonchev–Trinajstić information content (AvgIpc) is 2.89. The first kappa shape index (κ1) is 20.3. The summed E-state index contributed by atoms with van der Waals surface area (Å²) in [5.41, 5.74) is 5.71. The molecule has 1 saturated heterocycles. The van der Waals surface area contributed by atoms with Crippen LogP contribution < -0.4 is 5.43 Å². The molecule has 1 fully saturated rings. The van der Waals surface area contributed by atoms with E-state index < -0.39 is 5.91 Å². The molecule has 0 unspecified atom stereocenters. The number of hydrogen-bond donors (Lipinski definition) is 1. The van der Waals surface area contributed by atoms with E-state index in [9.17, 15) is 9.59 Å². The molecule has 0 bridgehead atoms. The molecule has 0 radical (unpaired) electrons. The van der Waals surface area contributed by atoms with E-state index in [-0.39, 0.29) is 15.8 Å². The number of thiocarbonyl (C=S) groups is 1. The highest BCUT2D eigenvalue weighted by molar-refractivity contribution is 8.26. The van der Waals surface area contributed by atoms with Crippen LogP contribution in [-0.2, 0) is 4.79 Å². The lowest BCUT2D eigenvalue weighted by molar-refractivity contribution is -0.123. The van der Waals surface area contributed by atoms with Crippen molar-refractivity contribution < 1.29 is 9.59 Å². The van der Waals surface area contributed by atoms with Crippen LogP contribution in [0.2, 0.25) is 5.02 Å². The average molecular weight is 429 g/mol. The summed E-state index contributed by atoms with van der Waals surface area (Å²) in [5.74, 6) is -0.855. The van der Waals surface area contributed by atoms with Gasteiger partial charge in [0.25, 0.3) is 11.8 Å². The number of carbonyl (C=O) groups is 2. The molecule has 1 aliphatic heterocycles. The summed E-state index contributed by atoms with van der Waals surface area (Å²) in [6.07, 6.45) is 3.73. The lowest BCUT2D eigenvalue weighted by Crippen LogP contribution is -2.44. The van der Waals surface area contributed by atoms with Crippen molar-refractivity contribution in [2.75, 3.05) is 0 Å². The second-order valence-electron chi connectivity index (χ2n) is 6.24. The number of rotatable bonds is 4. The van der Waals surface area contributed by atoms with Crippen LogP contribution in [0, 0.1) is 6.92 Å². The standard InChI is InChI=1S/C21H17ClN2O2S2/c1-13-8-9-16(17(22)11-13)19(25)23-24-20(26)18(28-21(24)27)12-14(2)10-15-6-4-3-5-7-15/h3-12H,1-2H3,(H,23,25)/b14-10+,18-12+. The quantitative estimate of drug-likeness (QED) is 0.541. The minimum atomic E-state index is -0.487. The van der Waals surface area contributed by atoms with Gasteiger partial charge in [-0.3, -0.25) is 15.0 Å². The molecule has 1 aliphatic rings. The van der Waals surface area contributed by atoms with Crippen LogP contribution >= 0.6 is 35.6 Å². The van der Waals surface area contributed by atoms with Gasteiger partial charge in [-0.2, -0.15) is 5.01 Å². The third kappa shape index (κ3) is 4.70. The Labute approximate surface area is 178 Å². The topological polar surface area (TPSA) is 49.4 Å². The van der Waals surface area contributed by atoms with Crippen molar-refractivity contribution in [1.82, 2.24) is 10.4 Å². The summed E-state index contributed by atoms with van der Waals surface area (Å²) < 4.78 is 0.264. The molecule has 0 aromatic heterocycles. The van der Waals surface area contributed by atoms with E-state index in [1.54, 1.807) is 24.3 Å². The molecule has 1 N–H and O–H groups in total. The van der Waals surface area contributed by atoms with Crippen molar-refractivity contribution in [2.24, 2.45) is 0 Å². The van der Waals surface area contributed by atoms with Gasteiger partial charge >= 0.3 is 0 Å². The first-order valence-corrected chi connectivity index (χ1v) is 10.0. The van der Waals surface area contributed by atoms with Crippen LogP contribution in [0.3, 0.4) is 0 Å². The maximum atomic E-state index is 12.7. The number of amides is 2. The highest BCUT2D eigenvalue weighted by Gasteiger charge is 2.34. The molecule has 28 heavy (non-hydrogen) atoms. The normalized spacial score (nSPS) is 16.0. The predicted molar refractivity (Wildman–Crippen MR) is 119 cm³/mol. The molecule has 0 spiro atoms. The Morgan fingerprint density at radius 1 is 1.21 bits per heavy atom. The molecule has 142 valence electrons. The van der Waals surface area contributed by atoms with Crippen molar-refractivity contribution in [2.45, 2.75) is 13.8 Å². The van der Waals surface area contributed by atoms with Gasteiger partial charge in [-0.25, -0.2) is 0 Å². The van der Waals surface area contributed by atoms with E-state index >= 15 is 0 Å². The lowest BCUT2D eigenvalue weighted by atomic mass is 10.1. The van der Waals surface area contributed by atoms with Crippen molar-refractivity contribution in [3.8, 4) is 0 Å². The monoisotopic (exact) mass is 428 g/mol. The van der Waals surface area contributed by atoms with E-state index in [2.05, 4.69) is 5.43 Å². The molecule has 2 aromatic rings. The van der Waals surface area contributed by atoms with Gasteiger partial charge in [-0.15, -0.1) is 0 Å². The zero-order valence-electron chi connectivity index (χ0n) is 15.2. The van der Waals surface area contributed by atoms with Crippen LogP contribution in [0.15, 0.2) is 65.1 Å². The van der Waals surface area contributed by atoms with Gasteiger partial charge < -0.3 is 0 Å². The fourth-order valence-electron chi connectivity index (χ4n) is 2.59. The first-order valence-electron chi connectivity index (χ1n) is 8.43. The number of thioether (sulfide) groups is 1. The fourth-order valence-corrected chi connectivity index (χ4v) is 4.14. The summed E-state index contributed by atoms with van der Waals surface area (Å²) in [6.45, 7) is 3.79. The van der Waals surface area contributed by atoms with Crippen molar-refractivity contribution in [1.29, 1.82) is 0 Å². The summed E-state index contributed by atoms with van der Waals surface area (Å²) in [6, 6.07) is 14.9. The van der Waals surface area contributed by atoms with Crippen LogP contribution in [0.5, 0.6) is 0 Å². The molecule has 0 saturated carbocycles. The van der Waals surface area contributed by atoms with Crippen molar-refractivity contribution in [3.63, 3.8) is 0 Å².